The molecule has 0 bridgehead atoms. The number of hydrogen-bond donors (Lipinski definition) is 1. The first kappa shape index (κ1) is 8.89. The largest absolute Gasteiger partial charge is 0.375 e. The Hall–Kier alpha value is -1.38. The number of halogens is 1. The van der Waals surface area contributed by atoms with E-state index in [4.69, 9.17) is 0 Å². The van der Waals surface area contributed by atoms with Gasteiger partial charge in [0.15, 0.2) is 5.78 Å². The normalized spacial score (nSPS) is 28.2. The van der Waals surface area contributed by atoms with Gasteiger partial charge >= 0.3 is 0 Å². The van der Waals surface area contributed by atoms with Crippen LogP contribution in [0.25, 0.3) is 0 Å². The lowest BCUT2D eigenvalue weighted by Gasteiger charge is -2.23. The van der Waals surface area contributed by atoms with Crippen molar-refractivity contribution in [2.24, 2.45) is 0 Å². The molecule has 0 radical (unpaired) electrons. The van der Waals surface area contributed by atoms with Gasteiger partial charge in [-0.3, -0.25) is 4.79 Å². The molecular formula is C12H12FNO. The van der Waals surface area contributed by atoms with Gasteiger partial charge in [0.1, 0.15) is 5.82 Å². The van der Waals surface area contributed by atoms with Crippen LogP contribution in [0.1, 0.15) is 30.7 Å². The Balaban J connectivity index is 2.05. The number of rotatable bonds is 0. The fourth-order valence-corrected chi connectivity index (χ4v) is 2.70. The van der Waals surface area contributed by atoms with Gasteiger partial charge in [-0.2, -0.15) is 0 Å². The van der Waals surface area contributed by atoms with Crippen LogP contribution in [0.2, 0.25) is 0 Å². The standard InChI is InChI=1S/C12H12FNO/c13-7-4-5-10-9(6-7)8-2-1-3-11(15)12(8)14-10/h4-6,8,12,14H,1-3H2/t8-,12+/m0/s1. The minimum Gasteiger partial charge on any atom is -0.375 e. The molecule has 0 spiro atoms. The Morgan fingerprint density at radius 1 is 1.40 bits per heavy atom. The summed E-state index contributed by atoms with van der Waals surface area (Å²) in [6, 6.07) is 4.63. The molecule has 0 saturated heterocycles. The molecule has 2 atom stereocenters. The number of ketones is 1. The van der Waals surface area contributed by atoms with E-state index in [1.807, 2.05) is 0 Å². The molecule has 78 valence electrons. The van der Waals surface area contributed by atoms with Crippen LogP contribution in [-0.4, -0.2) is 11.8 Å². The molecule has 1 fully saturated rings. The molecule has 2 nitrogen and oxygen atoms in total. The maximum absolute atomic E-state index is 13.1. The molecule has 1 aromatic rings. The van der Waals surface area contributed by atoms with Crippen LogP contribution in [0.15, 0.2) is 18.2 Å². The van der Waals surface area contributed by atoms with Gasteiger partial charge in [0.25, 0.3) is 0 Å². The zero-order valence-electron chi connectivity index (χ0n) is 8.29. The molecule has 1 N–H and O–H groups in total. The predicted octanol–water partition coefficient (Wildman–Crippen LogP) is 2.46. The van der Waals surface area contributed by atoms with Crippen LogP contribution in [0.3, 0.4) is 0 Å². The minimum atomic E-state index is -0.214. The topological polar surface area (TPSA) is 29.1 Å². The monoisotopic (exact) mass is 205 g/mol. The van der Waals surface area contributed by atoms with Crippen molar-refractivity contribution < 1.29 is 9.18 Å². The summed E-state index contributed by atoms with van der Waals surface area (Å²) in [4.78, 5) is 11.7. The van der Waals surface area contributed by atoms with Crippen molar-refractivity contribution in [1.82, 2.24) is 0 Å². The number of fused-ring (bicyclic) bond motifs is 3. The van der Waals surface area contributed by atoms with Crippen LogP contribution in [0.5, 0.6) is 0 Å². The average molecular weight is 205 g/mol. The van der Waals surface area contributed by atoms with Crippen molar-refractivity contribution in [3.63, 3.8) is 0 Å². The van der Waals surface area contributed by atoms with Gasteiger partial charge in [-0.1, -0.05) is 0 Å². The molecule has 0 unspecified atom stereocenters. The van der Waals surface area contributed by atoms with Gasteiger partial charge in [-0.05, 0) is 36.6 Å². The van der Waals surface area contributed by atoms with Crippen LogP contribution in [0, 0.1) is 5.82 Å². The van der Waals surface area contributed by atoms with E-state index >= 15 is 0 Å². The number of nitrogens with one attached hydrogen (secondary N) is 1. The predicted molar refractivity (Wildman–Crippen MR) is 55.4 cm³/mol. The molecular weight excluding hydrogens is 193 g/mol. The third-order valence-electron chi connectivity index (χ3n) is 3.41. The van der Waals surface area contributed by atoms with Crippen LogP contribution < -0.4 is 5.32 Å². The first-order valence-electron chi connectivity index (χ1n) is 5.34. The number of benzene rings is 1. The molecule has 1 saturated carbocycles. The Morgan fingerprint density at radius 2 is 2.27 bits per heavy atom. The van der Waals surface area contributed by atoms with E-state index in [0.717, 1.165) is 24.1 Å². The molecule has 1 aliphatic carbocycles. The van der Waals surface area contributed by atoms with E-state index in [0.29, 0.717) is 6.42 Å². The summed E-state index contributed by atoms with van der Waals surface area (Å²) < 4.78 is 13.1. The van der Waals surface area contributed by atoms with Crippen LogP contribution >= 0.6 is 0 Å². The van der Waals surface area contributed by atoms with Crippen LogP contribution in [0.4, 0.5) is 10.1 Å². The zero-order chi connectivity index (χ0) is 10.4. The third kappa shape index (κ3) is 1.26. The second-order valence-electron chi connectivity index (χ2n) is 4.32. The first-order chi connectivity index (χ1) is 7.25. The van der Waals surface area contributed by atoms with Gasteiger partial charge in [-0.25, -0.2) is 4.39 Å². The van der Waals surface area contributed by atoms with Crippen molar-refractivity contribution in [2.45, 2.75) is 31.2 Å². The Labute approximate surface area is 87.5 Å². The van der Waals surface area contributed by atoms with Crippen LogP contribution in [-0.2, 0) is 4.79 Å². The van der Waals surface area contributed by atoms with Crippen molar-refractivity contribution >= 4 is 11.5 Å². The third-order valence-corrected chi connectivity index (χ3v) is 3.41. The molecule has 0 amide bonds. The lowest BCUT2D eigenvalue weighted by atomic mass is 9.82. The lowest BCUT2D eigenvalue weighted by Crippen LogP contribution is -2.33. The fourth-order valence-electron chi connectivity index (χ4n) is 2.70. The second kappa shape index (κ2) is 3.05. The summed E-state index contributed by atoms with van der Waals surface area (Å²) in [5.41, 5.74) is 1.91. The fraction of sp³-hybridized carbons (Fsp3) is 0.417. The molecule has 15 heavy (non-hydrogen) atoms. The van der Waals surface area contributed by atoms with Gasteiger partial charge in [0.2, 0.25) is 0 Å². The summed E-state index contributed by atoms with van der Waals surface area (Å²) in [7, 11) is 0. The van der Waals surface area contributed by atoms with Gasteiger partial charge in [0, 0.05) is 18.0 Å². The van der Waals surface area contributed by atoms with E-state index in [1.165, 1.54) is 6.07 Å². The number of carbonyl (C=O) groups is 1. The van der Waals surface area contributed by atoms with E-state index < -0.39 is 0 Å². The quantitative estimate of drug-likeness (QED) is 0.704. The molecule has 3 heteroatoms. The van der Waals surface area contributed by atoms with Crippen molar-refractivity contribution in [2.75, 3.05) is 5.32 Å². The summed E-state index contributed by atoms with van der Waals surface area (Å²) in [6.07, 6.45) is 2.57. The summed E-state index contributed by atoms with van der Waals surface area (Å²) >= 11 is 0. The van der Waals surface area contributed by atoms with E-state index in [2.05, 4.69) is 5.32 Å². The summed E-state index contributed by atoms with van der Waals surface area (Å²) in [5.74, 6) is 0.244. The highest BCUT2D eigenvalue weighted by Crippen LogP contribution is 2.42. The highest BCUT2D eigenvalue weighted by Gasteiger charge is 2.38. The number of anilines is 1. The van der Waals surface area contributed by atoms with Crippen molar-refractivity contribution in [1.29, 1.82) is 0 Å². The maximum Gasteiger partial charge on any atom is 0.155 e. The highest BCUT2D eigenvalue weighted by atomic mass is 19.1. The summed E-state index contributed by atoms with van der Waals surface area (Å²) in [6.45, 7) is 0. The minimum absolute atomic E-state index is 0.101. The van der Waals surface area contributed by atoms with Gasteiger partial charge in [0.05, 0.1) is 6.04 Å². The summed E-state index contributed by atoms with van der Waals surface area (Å²) in [5, 5.41) is 3.20. The Morgan fingerprint density at radius 3 is 3.13 bits per heavy atom. The van der Waals surface area contributed by atoms with Gasteiger partial charge < -0.3 is 5.32 Å². The molecule has 3 rings (SSSR count). The molecule has 1 aliphatic heterocycles. The average Bonchev–Trinajstić information content (AvgIpc) is 2.58. The number of carbonyl (C=O) groups excluding carboxylic acids is 1. The number of Topliss-reactive ketones (excluding diaryl/α,β-unsaturated/α-hetero) is 1. The SMILES string of the molecule is O=C1CCC[C@H]2c3cc(F)ccc3N[C@@H]12. The van der Waals surface area contributed by atoms with Crippen molar-refractivity contribution in [3.05, 3.63) is 29.6 Å². The van der Waals surface area contributed by atoms with E-state index in [1.54, 1.807) is 12.1 Å². The Bertz CT molecular complexity index is 430. The van der Waals surface area contributed by atoms with Crippen molar-refractivity contribution in [3.8, 4) is 0 Å². The first-order valence-corrected chi connectivity index (χ1v) is 5.34. The van der Waals surface area contributed by atoms with E-state index in [9.17, 15) is 9.18 Å². The maximum atomic E-state index is 13.1. The molecule has 0 aromatic heterocycles. The van der Waals surface area contributed by atoms with E-state index in [-0.39, 0.29) is 23.6 Å². The number of hydrogen-bond acceptors (Lipinski definition) is 2. The van der Waals surface area contributed by atoms with Gasteiger partial charge in [-0.15, -0.1) is 0 Å². The lowest BCUT2D eigenvalue weighted by molar-refractivity contribution is -0.121. The molecule has 1 aromatic carbocycles. The second-order valence-corrected chi connectivity index (χ2v) is 4.32. The molecule has 2 aliphatic rings. The highest BCUT2D eigenvalue weighted by molar-refractivity contribution is 5.91. The smallest absolute Gasteiger partial charge is 0.155 e. The zero-order valence-corrected chi connectivity index (χ0v) is 8.29. The molecule has 1 heterocycles. The Kier molecular flexibility index (Phi) is 1.81.